The van der Waals surface area contributed by atoms with Gasteiger partial charge >= 0.3 is 0 Å². The van der Waals surface area contributed by atoms with Crippen molar-refractivity contribution >= 4 is 0 Å². The lowest BCUT2D eigenvalue weighted by Gasteiger charge is -2.11. The highest BCUT2D eigenvalue weighted by Gasteiger charge is 2.14. The molecule has 0 heterocycles. The monoisotopic (exact) mass is 247 g/mol. The Labute approximate surface area is 105 Å². The van der Waals surface area contributed by atoms with E-state index in [9.17, 15) is 8.78 Å². The lowest BCUT2D eigenvalue weighted by Crippen LogP contribution is -2.05. The zero-order valence-corrected chi connectivity index (χ0v) is 10.4. The van der Waals surface area contributed by atoms with Gasteiger partial charge in [0.25, 0.3) is 0 Å². The van der Waals surface area contributed by atoms with Crippen molar-refractivity contribution in [1.29, 1.82) is 0 Å². The average molecular weight is 247 g/mol. The van der Waals surface area contributed by atoms with Gasteiger partial charge in [-0.25, -0.2) is 8.78 Å². The number of nitrogens with two attached hydrogens (primary N) is 1. The van der Waals surface area contributed by atoms with E-state index in [0.29, 0.717) is 11.1 Å². The van der Waals surface area contributed by atoms with Gasteiger partial charge in [0.15, 0.2) is 0 Å². The fourth-order valence-corrected chi connectivity index (χ4v) is 1.90. The van der Waals surface area contributed by atoms with Crippen LogP contribution in [0.15, 0.2) is 36.4 Å². The van der Waals surface area contributed by atoms with Crippen molar-refractivity contribution in [2.45, 2.75) is 19.9 Å². The van der Waals surface area contributed by atoms with Gasteiger partial charge in [0.2, 0.25) is 0 Å². The predicted octanol–water partition coefficient (Wildman–Crippen LogP) is 3.96. The van der Waals surface area contributed by atoms with Crippen molar-refractivity contribution in [1.82, 2.24) is 0 Å². The van der Waals surface area contributed by atoms with Crippen LogP contribution < -0.4 is 5.73 Å². The van der Waals surface area contributed by atoms with Crippen molar-refractivity contribution in [2.24, 2.45) is 5.73 Å². The van der Waals surface area contributed by atoms with Gasteiger partial charge in [-0.2, -0.15) is 0 Å². The van der Waals surface area contributed by atoms with E-state index in [-0.39, 0.29) is 11.6 Å². The summed E-state index contributed by atoms with van der Waals surface area (Å²) in [4.78, 5) is 0. The standard InChI is InChI=1S/C15H15F2N/c1-9-6-7-13(16)14(15(9)17)12-5-3-4-11(8-12)10(2)18/h3-8,10H,18H2,1-2H3. The largest absolute Gasteiger partial charge is 0.324 e. The van der Waals surface area contributed by atoms with Crippen LogP contribution >= 0.6 is 0 Å². The number of hydrogen-bond acceptors (Lipinski definition) is 1. The van der Waals surface area contributed by atoms with E-state index in [1.165, 1.54) is 12.1 Å². The minimum absolute atomic E-state index is 0.0116. The molecular formula is C15H15F2N. The Bertz CT molecular complexity index is 577. The molecule has 2 aromatic carbocycles. The Balaban J connectivity index is 2.62. The lowest BCUT2D eigenvalue weighted by atomic mass is 9.98. The molecule has 0 aromatic heterocycles. The fraction of sp³-hybridized carbons (Fsp3) is 0.200. The molecule has 1 nitrogen and oxygen atoms in total. The SMILES string of the molecule is Cc1ccc(F)c(-c2cccc(C(C)N)c2)c1F. The molecule has 0 fully saturated rings. The number of aryl methyl sites for hydroxylation is 1. The van der Waals surface area contributed by atoms with E-state index in [4.69, 9.17) is 5.73 Å². The Morgan fingerprint density at radius 1 is 1.11 bits per heavy atom. The summed E-state index contributed by atoms with van der Waals surface area (Å²) in [6.45, 7) is 3.45. The summed E-state index contributed by atoms with van der Waals surface area (Å²) in [5.41, 5.74) is 7.59. The van der Waals surface area contributed by atoms with Crippen LogP contribution in [0.2, 0.25) is 0 Å². The summed E-state index contributed by atoms with van der Waals surface area (Å²) >= 11 is 0. The molecule has 1 atom stereocenters. The summed E-state index contributed by atoms with van der Waals surface area (Å²) in [6.07, 6.45) is 0. The molecule has 0 saturated heterocycles. The molecule has 18 heavy (non-hydrogen) atoms. The van der Waals surface area contributed by atoms with Gasteiger partial charge < -0.3 is 5.73 Å². The Kier molecular flexibility index (Phi) is 3.43. The molecule has 94 valence electrons. The van der Waals surface area contributed by atoms with Crippen molar-refractivity contribution in [2.75, 3.05) is 0 Å². The number of benzene rings is 2. The number of hydrogen-bond donors (Lipinski definition) is 1. The normalized spacial score (nSPS) is 12.5. The van der Waals surface area contributed by atoms with Crippen LogP contribution in [-0.4, -0.2) is 0 Å². The molecule has 0 saturated carbocycles. The molecule has 0 aliphatic heterocycles. The topological polar surface area (TPSA) is 26.0 Å². The smallest absolute Gasteiger partial charge is 0.136 e. The maximum absolute atomic E-state index is 14.0. The predicted molar refractivity (Wildman–Crippen MR) is 69.1 cm³/mol. The first-order valence-electron chi connectivity index (χ1n) is 5.81. The zero-order valence-electron chi connectivity index (χ0n) is 10.4. The Morgan fingerprint density at radius 2 is 1.83 bits per heavy atom. The van der Waals surface area contributed by atoms with Crippen LogP contribution in [0.3, 0.4) is 0 Å². The summed E-state index contributed by atoms with van der Waals surface area (Å²) in [7, 11) is 0. The first-order valence-corrected chi connectivity index (χ1v) is 5.81. The van der Waals surface area contributed by atoms with Crippen LogP contribution in [0.5, 0.6) is 0 Å². The second-order valence-corrected chi connectivity index (χ2v) is 4.47. The third kappa shape index (κ3) is 2.27. The van der Waals surface area contributed by atoms with Crippen LogP contribution in [0.1, 0.15) is 24.1 Å². The maximum Gasteiger partial charge on any atom is 0.136 e. The highest BCUT2D eigenvalue weighted by Crippen LogP contribution is 2.29. The Morgan fingerprint density at radius 3 is 2.50 bits per heavy atom. The summed E-state index contributed by atoms with van der Waals surface area (Å²) < 4.78 is 27.8. The summed E-state index contributed by atoms with van der Waals surface area (Å²) in [5.74, 6) is -1.07. The van der Waals surface area contributed by atoms with E-state index in [2.05, 4.69) is 0 Å². The van der Waals surface area contributed by atoms with E-state index < -0.39 is 11.6 Å². The quantitative estimate of drug-likeness (QED) is 0.854. The molecule has 1 unspecified atom stereocenters. The third-order valence-corrected chi connectivity index (χ3v) is 2.99. The van der Waals surface area contributed by atoms with E-state index in [0.717, 1.165) is 5.56 Å². The molecule has 3 heteroatoms. The second-order valence-electron chi connectivity index (χ2n) is 4.47. The fourth-order valence-electron chi connectivity index (χ4n) is 1.90. The molecule has 2 aromatic rings. The second kappa shape index (κ2) is 4.86. The van der Waals surface area contributed by atoms with Gasteiger partial charge in [0, 0.05) is 6.04 Å². The summed E-state index contributed by atoms with van der Waals surface area (Å²) in [5, 5.41) is 0. The molecule has 2 rings (SSSR count). The van der Waals surface area contributed by atoms with Crippen LogP contribution in [-0.2, 0) is 0 Å². The van der Waals surface area contributed by atoms with Crippen LogP contribution in [0, 0.1) is 18.6 Å². The molecule has 0 radical (unpaired) electrons. The molecule has 0 amide bonds. The molecule has 0 bridgehead atoms. The van der Waals surface area contributed by atoms with Crippen LogP contribution in [0.25, 0.3) is 11.1 Å². The van der Waals surface area contributed by atoms with Crippen molar-refractivity contribution < 1.29 is 8.78 Å². The van der Waals surface area contributed by atoms with Gasteiger partial charge in [-0.05, 0) is 42.7 Å². The van der Waals surface area contributed by atoms with Crippen LogP contribution in [0.4, 0.5) is 8.78 Å². The lowest BCUT2D eigenvalue weighted by molar-refractivity contribution is 0.583. The number of halogens is 2. The van der Waals surface area contributed by atoms with E-state index in [1.807, 2.05) is 13.0 Å². The highest BCUT2D eigenvalue weighted by molar-refractivity contribution is 5.66. The molecule has 2 N–H and O–H groups in total. The minimum Gasteiger partial charge on any atom is -0.324 e. The van der Waals surface area contributed by atoms with Gasteiger partial charge in [-0.1, -0.05) is 24.3 Å². The van der Waals surface area contributed by atoms with E-state index in [1.54, 1.807) is 25.1 Å². The third-order valence-electron chi connectivity index (χ3n) is 2.99. The Hall–Kier alpha value is -1.74. The molecule has 0 aliphatic carbocycles. The first kappa shape index (κ1) is 12.7. The van der Waals surface area contributed by atoms with E-state index >= 15 is 0 Å². The average Bonchev–Trinajstić information content (AvgIpc) is 2.35. The number of rotatable bonds is 2. The maximum atomic E-state index is 14.0. The van der Waals surface area contributed by atoms with Gasteiger partial charge in [0.1, 0.15) is 11.6 Å². The molecular weight excluding hydrogens is 232 g/mol. The van der Waals surface area contributed by atoms with Gasteiger partial charge in [-0.15, -0.1) is 0 Å². The zero-order chi connectivity index (χ0) is 13.3. The van der Waals surface area contributed by atoms with Crippen molar-refractivity contribution in [3.05, 3.63) is 59.2 Å². The van der Waals surface area contributed by atoms with Crippen molar-refractivity contribution in [3.8, 4) is 11.1 Å². The highest BCUT2D eigenvalue weighted by atomic mass is 19.1. The van der Waals surface area contributed by atoms with Gasteiger partial charge in [-0.3, -0.25) is 0 Å². The van der Waals surface area contributed by atoms with Gasteiger partial charge in [0.05, 0.1) is 5.56 Å². The van der Waals surface area contributed by atoms with Crippen molar-refractivity contribution in [3.63, 3.8) is 0 Å². The minimum atomic E-state index is -0.556. The molecule has 0 aliphatic rings. The molecule has 0 spiro atoms. The summed E-state index contributed by atoms with van der Waals surface area (Å²) in [6, 6.07) is 9.57. The first-order chi connectivity index (χ1) is 8.50.